The molecule has 0 aliphatic rings. The number of rotatable bonds is 6. The highest BCUT2D eigenvalue weighted by Gasteiger charge is 2.10. The number of amides is 1. The molecule has 1 aromatic carbocycles. The summed E-state index contributed by atoms with van der Waals surface area (Å²) in [4.78, 5) is 11.5. The Kier molecular flexibility index (Phi) is 5.66. The van der Waals surface area contributed by atoms with Crippen LogP contribution in [0.4, 0.5) is 0 Å². The molecule has 0 heterocycles. The first-order valence-corrected chi connectivity index (χ1v) is 5.75. The van der Waals surface area contributed by atoms with Crippen molar-refractivity contribution < 1.29 is 9.53 Å². The van der Waals surface area contributed by atoms with Crippen molar-refractivity contribution in [3.8, 4) is 0 Å². The highest BCUT2D eigenvalue weighted by molar-refractivity contribution is 5.80. The van der Waals surface area contributed by atoms with Crippen molar-refractivity contribution in [2.75, 3.05) is 13.7 Å². The monoisotopic (exact) mass is 236 g/mol. The predicted octanol–water partition coefficient (Wildman–Crippen LogP) is 0.839. The van der Waals surface area contributed by atoms with Crippen LogP contribution in [0.1, 0.15) is 18.1 Å². The van der Waals surface area contributed by atoms with Gasteiger partial charge in [-0.05, 0) is 31.0 Å². The maximum Gasteiger partial charge on any atom is 0.249 e. The van der Waals surface area contributed by atoms with Gasteiger partial charge in [-0.2, -0.15) is 0 Å². The average Bonchev–Trinajstić information content (AvgIpc) is 2.37. The van der Waals surface area contributed by atoms with E-state index >= 15 is 0 Å². The Labute approximate surface area is 102 Å². The lowest BCUT2D eigenvalue weighted by Gasteiger charge is -2.10. The van der Waals surface area contributed by atoms with Crippen LogP contribution >= 0.6 is 0 Å². The van der Waals surface area contributed by atoms with Crippen molar-refractivity contribution in [1.82, 2.24) is 5.32 Å². The predicted molar refractivity (Wildman–Crippen MR) is 67.5 cm³/mol. The van der Waals surface area contributed by atoms with Gasteiger partial charge in [-0.3, -0.25) is 4.79 Å². The highest BCUT2D eigenvalue weighted by Crippen LogP contribution is 2.04. The Morgan fingerprint density at radius 1 is 1.35 bits per heavy atom. The van der Waals surface area contributed by atoms with Crippen LogP contribution in [0, 0.1) is 0 Å². The number of carbonyl (C=O) groups is 1. The molecule has 4 nitrogen and oxygen atoms in total. The minimum Gasteiger partial charge on any atom is -0.372 e. The van der Waals surface area contributed by atoms with Crippen molar-refractivity contribution in [3.05, 3.63) is 35.4 Å². The number of nitrogens with one attached hydrogen (secondary N) is 1. The second-order valence-electron chi connectivity index (χ2n) is 3.95. The molecule has 3 N–H and O–H groups in total. The molecule has 0 bridgehead atoms. The standard InChI is InChI=1S/C13H20N2O2/c1-10(17-2)13(16)15-9-12-5-3-11(4-6-12)7-8-14/h3-6,10H,7-9,14H2,1-2H3,(H,15,16). The van der Waals surface area contributed by atoms with Crippen LogP contribution in [0.2, 0.25) is 0 Å². The molecule has 1 atom stereocenters. The van der Waals surface area contributed by atoms with Gasteiger partial charge in [0.25, 0.3) is 0 Å². The minimum atomic E-state index is -0.411. The van der Waals surface area contributed by atoms with Crippen LogP contribution in [0.5, 0.6) is 0 Å². The van der Waals surface area contributed by atoms with Crippen molar-refractivity contribution >= 4 is 5.91 Å². The van der Waals surface area contributed by atoms with Crippen molar-refractivity contribution in [2.45, 2.75) is 26.0 Å². The first-order chi connectivity index (χ1) is 8.17. The molecule has 0 spiro atoms. The van der Waals surface area contributed by atoms with E-state index in [2.05, 4.69) is 5.32 Å². The van der Waals surface area contributed by atoms with Gasteiger partial charge in [0.15, 0.2) is 0 Å². The van der Waals surface area contributed by atoms with Crippen LogP contribution in [0.25, 0.3) is 0 Å². The third kappa shape index (κ3) is 4.54. The zero-order valence-electron chi connectivity index (χ0n) is 10.4. The summed E-state index contributed by atoms with van der Waals surface area (Å²) in [7, 11) is 1.52. The maximum absolute atomic E-state index is 11.5. The van der Waals surface area contributed by atoms with Gasteiger partial charge >= 0.3 is 0 Å². The quantitative estimate of drug-likeness (QED) is 0.769. The van der Waals surface area contributed by atoms with E-state index in [1.807, 2.05) is 24.3 Å². The van der Waals surface area contributed by atoms with E-state index in [0.717, 1.165) is 12.0 Å². The Morgan fingerprint density at radius 3 is 2.47 bits per heavy atom. The van der Waals surface area contributed by atoms with E-state index in [0.29, 0.717) is 13.1 Å². The summed E-state index contributed by atoms with van der Waals surface area (Å²) < 4.78 is 4.93. The van der Waals surface area contributed by atoms with E-state index < -0.39 is 6.10 Å². The van der Waals surface area contributed by atoms with Gasteiger partial charge in [-0.1, -0.05) is 24.3 Å². The van der Waals surface area contributed by atoms with E-state index in [9.17, 15) is 4.79 Å². The molecule has 0 aliphatic heterocycles. The number of hydrogen-bond acceptors (Lipinski definition) is 3. The van der Waals surface area contributed by atoms with Crippen molar-refractivity contribution in [2.24, 2.45) is 5.73 Å². The van der Waals surface area contributed by atoms with Crippen molar-refractivity contribution in [1.29, 1.82) is 0 Å². The normalized spacial score (nSPS) is 12.2. The van der Waals surface area contributed by atoms with E-state index in [1.54, 1.807) is 6.92 Å². The summed E-state index contributed by atoms with van der Waals surface area (Å²) >= 11 is 0. The number of ether oxygens (including phenoxy) is 1. The molecule has 0 aliphatic carbocycles. The van der Waals surface area contributed by atoms with Crippen molar-refractivity contribution in [3.63, 3.8) is 0 Å². The van der Waals surface area contributed by atoms with E-state index in [1.165, 1.54) is 12.7 Å². The van der Waals surface area contributed by atoms with Gasteiger partial charge < -0.3 is 15.8 Å². The molecule has 1 aromatic rings. The smallest absolute Gasteiger partial charge is 0.249 e. The molecule has 1 rings (SSSR count). The Balaban J connectivity index is 2.44. The maximum atomic E-state index is 11.5. The van der Waals surface area contributed by atoms with Crippen LogP contribution in [-0.2, 0) is 22.5 Å². The summed E-state index contributed by atoms with van der Waals surface area (Å²) in [5.74, 6) is -0.0986. The molecule has 0 saturated heterocycles. The van der Waals surface area contributed by atoms with Gasteiger partial charge in [0, 0.05) is 13.7 Å². The Hall–Kier alpha value is -1.39. The molecular formula is C13H20N2O2. The summed E-state index contributed by atoms with van der Waals surface area (Å²) in [5.41, 5.74) is 7.76. The number of carbonyl (C=O) groups excluding carboxylic acids is 1. The van der Waals surface area contributed by atoms with Crippen LogP contribution in [0.3, 0.4) is 0 Å². The van der Waals surface area contributed by atoms with Gasteiger partial charge in [-0.15, -0.1) is 0 Å². The van der Waals surface area contributed by atoms with Crippen LogP contribution in [0.15, 0.2) is 24.3 Å². The molecule has 1 amide bonds. The van der Waals surface area contributed by atoms with Crippen LogP contribution in [-0.4, -0.2) is 25.7 Å². The minimum absolute atomic E-state index is 0.0986. The first-order valence-electron chi connectivity index (χ1n) is 5.75. The zero-order valence-corrected chi connectivity index (χ0v) is 10.4. The van der Waals surface area contributed by atoms with Gasteiger partial charge in [0.05, 0.1) is 0 Å². The SMILES string of the molecule is COC(C)C(=O)NCc1ccc(CCN)cc1. The highest BCUT2D eigenvalue weighted by atomic mass is 16.5. The molecule has 0 aromatic heterocycles. The van der Waals surface area contributed by atoms with Crippen LogP contribution < -0.4 is 11.1 Å². The number of hydrogen-bond donors (Lipinski definition) is 2. The molecule has 17 heavy (non-hydrogen) atoms. The molecule has 94 valence electrons. The third-order valence-electron chi connectivity index (χ3n) is 2.65. The number of benzene rings is 1. The second kappa shape index (κ2) is 7.04. The molecule has 0 radical (unpaired) electrons. The Morgan fingerprint density at radius 2 is 1.94 bits per heavy atom. The lowest BCUT2D eigenvalue weighted by molar-refractivity contribution is -0.130. The lowest BCUT2D eigenvalue weighted by Crippen LogP contribution is -2.33. The first kappa shape index (κ1) is 13.7. The fourth-order valence-electron chi connectivity index (χ4n) is 1.43. The Bertz CT molecular complexity index is 349. The molecule has 0 saturated carbocycles. The van der Waals surface area contributed by atoms with Gasteiger partial charge in [-0.25, -0.2) is 0 Å². The summed E-state index contributed by atoms with van der Waals surface area (Å²) in [6.07, 6.45) is 0.472. The molecular weight excluding hydrogens is 216 g/mol. The average molecular weight is 236 g/mol. The lowest BCUT2D eigenvalue weighted by atomic mass is 10.1. The summed E-state index contributed by atoms with van der Waals surface area (Å²) in [6.45, 7) is 2.90. The fraction of sp³-hybridized carbons (Fsp3) is 0.462. The second-order valence-corrected chi connectivity index (χ2v) is 3.95. The number of methoxy groups -OCH3 is 1. The molecule has 1 unspecified atom stereocenters. The third-order valence-corrected chi connectivity index (χ3v) is 2.65. The topological polar surface area (TPSA) is 64.3 Å². The fourth-order valence-corrected chi connectivity index (χ4v) is 1.43. The largest absolute Gasteiger partial charge is 0.372 e. The molecule has 0 fully saturated rings. The van der Waals surface area contributed by atoms with Gasteiger partial charge in [0.1, 0.15) is 6.10 Å². The van der Waals surface area contributed by atoms with E-state index in [4.69, 9.17) is 10.5 Å². The molecule has 4 heteroatoms. The summed E-state index contributed by atoms with van der Waals surface area (Å²) in [6, 6.07) is 8.08. The van der Waals surface area contributed by atoms with Gasteiger partial charge in [0.2, 0.25) is 5.91 Å². The number of nitrogens with two attached hydrogens (primary N) is 1. The van der Waals surface area contributed by atoms with E-state index in [-0.39, 0.29) is 5.91 Å². The summed E-state index contributed by atoms with van der Waals surface area (Å²) in [5, 5.41) is 2.81. The zero-order chi connectivity index (χ0) is 12.7.